The summed E-state index contributed by atoms with van der Waals surface area (Å²) >= 11 is 0. The van der Waals surface area contributed by atoms with Gasteiger partial charge in [-0.2, -0.15) is 0 Å². The highest BCUT2D eigenvalue weighted by atomic mass is 31.1. The van der Waals surface area contributed by atoms with Crippen molar-refractivity contribution in [2.75, 3.05) is 0 Å². The molecule has 0 aromatic carbocycles. The number of nitrogens with one attached hydrogen (secondary N) is 1. The van der Waals surface area contributed by atoms with E-state index < -0.39 is 0 Å². The Kier molecular flexibility index (Phi) is 1.92. The zero-order valence-corrected chi connectivity index (χ0v) is 6.86. The molecule has 50 valence electrons. The Balaban J connectivity index is 2.65. The number of hydrogen-bond donors (Lipinski definition) is 1. The first kappa shape index (κ1) is 6.82. The predicted octanol–water partition coefficient (Wildman–Crippen LogP) is 2.03. The lowest BCUT2D eigenvalue weighted by molar-refractivity contribution is 0.943. The Morgan fingerprint density at radius 3 is 2.89 bits per heavy atom. The quantitative estimate of drug-likeness (QED) is 0.509. The first-order valence-electron chi connectivity index (χ1n) is 3.09. The maximum absolute atomic E-state index is 3.88. The molecule has 1 aliphatic heterocycles. The average molecular weight is 141 g/mol. The third-order valence-corrected chi connectivity index (χ3v) is 2.82. The van der Waals surface area contributed by atoms with E-state index in [1.807, 2.05) is 6.20 Å². The number of rotatable bonds is 0. The van der Waals surface area contributed by atoms with Crippen molar-refractivity contribution in [2.45, 2.75) is 19.5 Å². The summed E-state index contributed by atoms with van der Waals surface area (Å²) in [6.45, 7) is 8.23. The molecule has 0 bridgehead atoms. The molecule has 1 N–H and O–H groups in total. The summed E-state index contributed by atoms with van der Waals surface area (Å²) in [5.41, 5.74) is 1.79. The molecular weight excluding hydrogens is 129 g/mol. The van der Waals surface area contributed by atoms with E-state index >= 15 is 0 Å². The molecule has 2 atom stereocenters. The van der Waals surface area contributed by atoms with Crippen molar-refractivity contribution < 1.29 is 0 Å². The van der Waals surface area contributed by atoms with E-state index in [0.717, 1.165) is 14.3 Å². The summed E-state index contributed by atoms with van der Waals surface area (Å²) in [6.07, 6.45) is 2.04. The lowest BCUT2D eigenvalue weighted by Crippen LogP contribution is -2.16. The minimum absolute atomic E-state index is 0.634. The van der Waals surface area contributed by atoms with Crippen LogP contribution in [0.15, 0.2) is 23.8 Å². The normalized spacial score (nSPS) is 29.8. The van der Waals surface area contributed by atoms with Gasteiger partial charge in [-0.1, -0.05) is 22.1 Å². The Hall–Kier alpha value is -0.290. The van der Waals surface area contributed by atoms with E-state index in [0.29, 0.717) is 5.66 Å². The lowest BCUT2D eigenvalue weighted by Gasteiger charge is -2.20. The van der Waals surface area contributed by atoms with Gasteiger partial charge in [0.25, 0.3) is 0 Å². The SMILES string of the molecule is C=C1NC=C(C)PC1C. The smallest absolute Gasteiger partial charge is 0.0169 e. The Morgan fingerprint density at radius 1 is 1.78 bits per heavy atom. The zero-order chi connectivity index (χ0) is 6.85. The molecule has 2 unspecified atom stereocenters. The average Bonchev–Trinajstić information content (AvgIpc) is 1.80. The Bertz CT molecular complexity index is 160. The first-order chi connectivity index (χ1) is 4.20. The van der Waals surface area contributed by atoms with Gasteiger partial charge >= 0.3 is 0 Å². The van der Waals surface area contributed by atoms with Gasteiger partial charge in [-0.3, -0.25) is 0 Å². The second-order valence-corrected chi connectivity index (χ2v) is 4.31. The molecule has 0 aliphatic carbocycles. The molecular formula is C7H12NP. The van der Waals surface area contributed by atoms with Gasteiger partial charge in [0.15, 0.2) is 0 Å². The maximum atomic E-state index is 3.88. The predicted molar refractivity (Wildman–Crippen MR) is 43.8 cm³/mol. The van der Waals surface area contributed by atoms with Crippen molar-refractivity contribution >= 4 is 8.58 Å². The summed E-state index contributed by atoms with van der Waals surface area (Å²) in [6, 6.07) is 0. The van der Waals surface area contributed by atoms with Crippen molar-refractivity contribution in [3.63, 3.8) is 0 Å². The van der Waals surface area contributed by atoms with Crippen LogP contribution in [0.25, 0.3) is 0 Å². The van der Waals surface area contributed by atoms with Crippen LogP contribution in [0, 0.1) is 0 Å². The van der Waals surface area contributed by atoms with Gasteiger partial charge in [0.2, 0.25) is 0 Å². The van der Waals surface area contributed by atoms with Gasteiger partial charge in [0, 0.05) is 17.6 Å². The standard InChI is InChI=1S/C7H12NP/c1-5-4-8-6(2)7(3)9-5/h4,7-9H,2H2,1,3H3. The molecule has 1 nitrogen and oxygen atoms in total. The molecule has 1 rings (SSSR count). The highest BCUT2D eigenvalue weighted by Crippen LogP contribution is 2.34. The van der Waals surface area contributed by atoms with Gasteiger partial charge in [0.1, 0.15) is 0 Å². The fourth-order valence-corrected chi connectivity index (χ4v) is 1.89. The molecule has 0 spiro atoms. The van der Waals surface area contributed by atoms with E-state index in [4.69, 9.17) is 0 Å². The minimum atomic E-state index is 0.634. The monoisotopic (exact) mass is 141 g/mol. The molecule has 0 saturated carbocycles. The summed E-state index contributed by atoms with van der Waals surface area (Å²) in [5, 5.41) is 4.57. The van der Waals surface area contributed by atoms with Crippen molar-refractivity contribution in [1.82, 2.24) is 5.32 Å². The van der Waals surface area contributed by atoms with E-state index in [1.165, 1.54) is 5.31 Å². The summed E-state index contributed by atoms with van der Waals surface area (Å²) in [4.78, 5) is 0. The highest BCUT2D eigenvalue weighted by Gasteiger charge is 2.09. The van der Waals surface area contributed by atoms with Gasteiger partial charge < -0.3 is 5.32 Å². The van der Waals surface area contributed by atoms with E-state index in [-0.39, 0.29) is 0 Å². The Morgan fingerprint density at radius 2 is 2.44 bits per heavy atom. The van der Waals surface area contributed by atoms with Gasteiger partial charge in [-0.15, -0.1) is 0 Å². The largest absolute Gasteiger partial charge is 0.365 e. The molecule has 0 aromatic rings. The molecule has 9 heavy (non-hydrogen) atoms. The van der Waals surface area contributed by atoms with E-state index in [2.05, 4.69) is 25.7 Å². The van der Waals surface area contributed by atoms with Crippen LogP contribution < -0.4 is 5.32 Å². The van der Waals surface area contributed by atoms with Crippen LogP contribution in [0.1, 0.15) is 13.8 Å². The number of hydrogen-bond acceptors (Lipinski definition) is 1. The van der Waals surface area contributed by atoms with Crippen molar-refractivity contribution in [3.05, 3.63) is 23.8 Å². The fourth-order valence-electron chi connectivity index (χ4n) is 0.796. The third kappa shape index (κ3) is 1.56. The Labute approximate surface area is 58.0 Å². The minimum Gasteiger partial charge on any atom is -0.365 e. The molecule has 0 amide bonds. The van der Waals surface area contributed by atoms with Gasteiger partial charge in [-0.05, 0) is 12.2 Å². The molecule has 1 aliphatic rings. The lowest BCUT2D eigenvalue weighted by atomic mass is 10.3. The molecule has 0 fully saturated rings. The van der Waals surface area contributed by atoms with Gasteiger partial charge in [0.05, 0.1) is 0 Å². The summed E-state index contributed by atoms with van der Waals surface area (Å²) < 4.78 is 0. The topological polar surface area (TPSA) is 12.0 Å². The van der Waals surface area contributed by atoms with Crippen molar-refractivity contribution in [2.24, 2.45) is 0 Å². The third-order valence-electron chi connectivity index (χ3n) is 1.44. The summed E-state index contributed by atoms with van der Waals surface area (Å²) in [7, 11) is 0.929. The van der Waals surface area contributed by atoms with Crippen LogP contribution in [0.5, 0.6) is 0 Å². The van der Waals surface area contributed by atoms with Crippen LogP contribution in [-0.4, -0.2) is 5.66 Å². The van der Waals surface area contributed by atoms with Crippen molar-refractivity contribution in [1.29, 1.82) is 0 Å². The first-order valence-corrected chi connectivity index (χ1v) is 4.16. The van der Waals surface area contributed by atoms with Crippen LogP contribution in [-0.2, 0) is 0 Å². The van der Waals surface area contributed by atoms with Crippen LogP contribution >= 0.6 is 8.58 Å². The van der Waals surface area contributed by atoms with Crippen LogP contribution in [0.3, 0.4) is 0 Å². The van der Waals surface area contributed by atoms with Crippen LogP contribution in [0.2, 0.25) is 0 Å². The van der Waals surface area contributed by atoms with Crippen LogP contribution in [0.4, 0.5) is 0 Å². The summed E-state index contributed by atoms with van der Waals surface area (Å²) in [5.74, 6) is 0. The van der Waals surface area contributed by atoms with Crippen molar-refractivity contribution in [3.8, 4) is 0 Å². The van der Waals surface area contributed by atoms with E-state index in [1.54, 1.807) is 0 Å². The second-order valence-electron chi connectivity index (χ2n) is 2.36. The molecule has 1 heterocycles. The maximum Gasteiger partial charge on any atom is 0.0169 e. The second kappa shape index (κ2) is 2.53. The highest BCUT2D eigenvalue weighted by molar-refractivity contribution is 7.44. The number of allylic oxidation sites excluding steroid dienone is 2. The van der Waals surface area contributed by atoms with E-state index in [9.17, 15) is 0 Å². The molecule has 0 aromatic heterocycles. The molecule has 2 heteroatoms. The zero-order valence-electron chi connectivity index (χ0n) is 5.86. The van der Waals surface area contributed by atoms with Gasteiger partial charge in [-0.25, -0.2) is 0 Å². The molecule has 0 radical (unpaired) electrons. The molecule has 0 saturated heterocycles. The fraction of sp³-hybridized carbons (Fsp3) is 0.429.